The zero-order chi connectivity index (χ0) is 19.5. The summed E-state index contributed by atoms with van der Waals surface area (Å²) >= 11 is 0. The lowest BCUT2D eigenvalue weighted by atomic mass is 10.1. The molecule has 0 aliphatic heterocycles. The van der Waals surface area contributed by atoms with Gasteiger partial charge < -0.3 is 26.2 Å². The smallest absolute Gasteiger partial charge is 0.408 e. The number of nitrogens with two attached hydrogens (primary N) is 2. The second kappa shape index (κ2) is 10.6. The minimum Gasteiger partial charge on any atom is -0.445 e. The molecular formula is C15H21N5O6. The van der Waals surface area contributed by atoms with Crippen LogP contribution in [0.1, 0.15) is 12.0 Å². The van der Waals surface area contributed by atoms with Crippen LogP contribution in [0.3, 0.4) is 0 Å². The standard InChI is InChI=1S/C15H21N5O6/c16-12(22)6-10(14(24)20-17)18-13(23)11(7-21)19-15(25)26-8-9-4-2-1-3-5-9/h1-5,10-11,21H,6-8,17H2,(H2,16,22)(H,18,23)(H,19,25)(H,20,24)/t10-,11-/m0/s1. The SMILES string of the molecule is NNC(=O)[C@H](CC(N)=O)NC(=O)[C@H](CO)NC(=O)OCc1ccccc1. The molecule has 0 heterocycles. The molecule has 0 aromatic heterocycles. The van der Waals surface area contributed by atoms with Gasteiger partial charge in [0.15, 0.2) is 0 Å². The second-order valence-corrected chi connectivity index (χ2v) is 5.18. The first kappa shape index (κ1) is 20.9. The van der Waals surface area contributed by atoms with Crippen LogP contribution in [0.5, 0.6) is 0 Å². The Labute approximate surface area is 149 Å². The number of carbonyl (C=O) groups excluding carboxylic acids is 4. The molecule has 0 radical (unpaired) electrons. The summed E-state index contributed by atoms with van der Waals surface area (Å²) in [4.78, 5) is 46.3. The maximum atomic E-state index is 12.1. The van der Waals surface area contributed by atoms with Gasteiger partial charge in [0.05, 0.1) is 13.0 Å². The van der Waals surface area contributed by atoms with Gasteiger partial charge in [0.2, 0.25) is 11.8 Å². The number of hydrazine groups is 1. The third-order valence-corrected chi connectivity index (χ3v) is 3.18. The molecule has 26 heavy (non-hydrogen) atoms. The summed E-state index contributed by atoms with van der Waals surface area (Å²) in [7, 11) is 0. The molecule has 0 saturated heterocycles. The molecule has 0 aliphatic rings. The Balaban J connectivity index is 2.59. The number of carbonyl (C=O) groups is 4. The van der Waals surface area contributed by atoms with Crippen molar-refractivity contribution in [1.29, 1.82) is 0 Å². The Morgan fingerprint density at radius 1 is 1.04 bits per heavy atom. The molecule has 142 valence electrons. The lowest BCUT2D eigenvalue weighted by Crippen LogP contribution is -2.56. The number of aliphatic hydroxyl groups excluding tert-OH is 1. The molecule has 0 unspecified atom stereocenters. The van der Waals surface area contributed by atoms with Crippen molar-refractivity contribution in [1.82, 2.24) is 16.1 Å². The summed E-state index contributed by atoms with van der Waals surface area (Å²) in [6.45, 7) is -0.799. The summed E-state index contributed by atoms with van der Waals surface area (Å²) in [6.07, 6.45) is -1.46. The van der Waals surface area contributed by atoms with E-state index in [2.05, 4.69) is 10.6 Å². The molecule has 0 saturated carbocycles. The summed E-state index contributed by atoms with van der Waals surface area (Å²) in [6, 6.07) is 6.06. The number of alkyl carbamates (subject to hydrolysis) is 1. The summed E-state index contributed by atoms with van der Waals surface area (Å²) < 4.78 is 4.93. The van der Waals surface area contributed by atoms with Gasteiger partial charge in [-0.3, -0.25) is 19.8 Å². The van der Waals surface area contributed by atoms with E-state index in [1.165, 1.54) is 0 Å². The molecule has 1 rings (SSSR count). The zero-order valence-corrected chi connectivity index (χ0v) is 13.8. The number of ether oxygens (including phenoxy) is 1. The van der Waals surface area contributed by atoms with Crippen LogP contribution < -0.4 is 27.6 Å². The number of aliphatic hydroxyl groups is 1. The van der Waals surface area contributed by atoms with Crippen molar-refractivity contribution < 1.29 is 29.0 Å². The molecule has 0 fully saturated rings. The van der Waals surface area contributed by atoms with Gasteiger partial charge in [-0.15, -0.1) is 0 Å². The van der Waals surface area contributed by atoms with Gasteiger partial charge in [0.25, 0.3) is 5.91 Å². The maximum absolute atomic E-state index is 12.1. The number of nitrogens with one attached hydrogen (secondary N) is 3. The van der Waals surface area contributed by atoms with Gasteiger partial charge >= 0.3 is 6.09 Å². The highest BCUT2D eigenvalue weighted by Gasteiger charge is 2.27. The zero-order valence-electron chi connectivity index (χ0n) is 13.8. The number of benzene rings is 1. The second-order valence-electron chi connectivity index (χ2n) is 5.18. The highest BCUT2D eigenvalue weighted by atomic mass is 16.5. The first-order valence-electron chi connectivity index (χ1n) is 7.54. The van der Waals surface area contributed by atoms with E-state index < -0.39 is 48.9 Å². The van der Waals surface area contributed by atoms with Gasteiger partial charge in [0, 0.05) is 0 Å². The monoisotopic (exact) mass is 367 g/mol. The van der Waals surface area contributed by atoms with E-state index in [9.17, 15) is 24.3 Å². The predicted molar refractivity (Wildman–Crippen MR) is 88.7 cm³/mol. The normalized spacial score (nSPS) is 12.4. The maximum Gasteiger partial charge on any atom is 0.408 e. The Bertz CT molecular complexity index is 639. The number of hydrogen-bond donors (Lipinski definition) is 6. The van der Waals surface area contributed by atoms with E-state index in [-0.39, 0.29) is 6.61 Å². The molecule has 0 spiro atoms. The van der Waals surface area contributed by atoms with Crippen LogP contribution >= 0.6 is 0 Å². The third kappa shape index (κ3) is 7.15. The topological polar surface area (TPSA) is 186 Å². The lowest BCUT2D eigenvalue weighted by Gasteiger charge is -2.20. The van der Waals surface area contributed by atoms with Crippen molar-refractivity contribution in [3.05, 3.63) is 35.9 Å². The summed E-state index contributed by atoms with van der Waals surface area (Å²) in [5.41, 5.74) is 7.50. The van der Waals surface area contributed by atoms with Crippen molar-refractivity contribution >= 4 is 23.8 Å². The highest BCUT2D eigenvalue weighted by molar-refractivity contribution is 5.93. The molecule has 1 aromatic rings. The fourth-order valence-corrected chi connectivity index (χ4v) is 1.88. The first-order valence-corrected chi connectivity index (χ1v) is 7.54. The van der Waals surface area contributed by atoms with Crippen molar-refractivity contribution in [3.8, 4) is 0 Å². The van der Waals surface area contributed by atoms with Gasteiger partial charge in [-0.1, -0.05) is 30.3 Å². The third-order valence-electron chi connectivity index (χ3n) is 3.18. The van der Waals surface area contributed by atoms with Gasteiger partial charge in [-0.2, -0.15) is 0 Å². The molecular weight excluding hydrogens is 346 g/mol. The van der Waals surface area contributed by atoms with E-state index in [4.69, 9.17) is 16.3 Å². The minimum absolute atomic E-state index is 0.0354. The van der Waals surface area contributed by atoms with Crippen LogP contribution in [0.25, 0.3) is 0 Å². The van der Waals surface area contributed by atoms with Crippen LogP contribution in [-0.4, -0.2) is 47.6 Å². The van der Waals surface area contributed by atoms with Crippen LogP contribution in [0.2, 0.25) is 0 Å². The summed E-state index contributed by atoms with van der Waals surface area (Å²) in [5, 5.41) is 13.6. The van der Waals surface area contributed by atoms with Crippen LogP contribution in [0.15, 0.2) is 30.3 Å². The molecule has 0 aliphatic carbocycles. The van der Waals surface area contributed by atoms with Crippen LogP contribution in [-0.2, 0) is 25.7 Å². The quantitative estimate of drug-likeness (QED) is 0.160. The van der Waals surface area contributed by atoms with E-state index in [0.717, 1.165) is 5.56 Å². The molecule has 4 amide bonds. The number of amides is 4. The molecule has 11 nitrogen and oxygen atoms in total. The Hall–Kier alpha value is -3.18. The number of primary amides is 1. The molecule has 11 heteroatoms. The van der Waals surface area contributed by atoms with E-state index in [0.29, 0.717) is 0 Å². The average Bonchev–Trinajstić information content (AvgIpc) is 2.63. The van der Waals surface area contributed by atoms with Gasteiger partial charge in [-0.25, -0.2) is 10.6 Å². The predicted octanol–water partition coefficient (Wildman–Crippen LogP) is -2.38. The number of hydrogen-bond acceptors (Lipinski definition) is 7. The van der Waals surface area contributed by atoms with Gasteiger partial charge in [0.1, 0.15) is 18.7 Å². The van der Waals surface area contributed by atoms with E-state index >= 15 is 0 Å². The first-order chi connectivity index (χ1) is 12.4. The van der Waals surface area contributed by atoms with Crippen molar-refractivity contribution in [2.45, 2.75) is 25.1 Å². The molecule has 2 atom stereocenters. The van der Waals surface area contributed by atoms with Crippen molar-refractivity contribution in [3.63, 3.8) is 0 Å². The fourth-order valence-electron chi connectivity index (χ4n) is 1.88. The Kier molecular flexibility index (Phi) is 8.54. The Morgan fingerprint density at radius 2 is 1.69 bits per heavy atom. The van der Waals surface area contributed by atoms with Crippen molar-refractivity contribution in [2.24, 2.45) is 11.6 Å². The number of rotatable bonds is 9. The highest BCUT2D eigenvalue weighted by Crippen LogP contribution is 2.01. The van der Waals surface area contributed by atoms with Gasteiger partial charge in [-0.05, 0) is 5.56 Å². The fraction of sp³-hybridized carbons (Fsp3) is 0.333. The van der Waals surface area contributed by atoms with E-state index in [1.807, 2.05) is 0 Å². The molecule has 8 N–H and O–H groups in total. The Morgan fingerprint density at radius 3 is 2.23 bits per heavy atom. The van der Waals surface area contributed by atoms with Crippen LogP contribution in [0, 0.1) is 0 Å². The molecule has 1 aromatic carbocycles. The summed E-state index contributed by atoms with van der Waals surface area (Å²) in [5.74, 6) is 2.34. The van der Waals surface area contributed by atoms with Crippen molar-refractivity contribution in [2.75, 3.05) is 6.61 Å². The lowest BCUT2D eigenvalue weighted by molar-refractivity contribution is -0.132. The minimum atomic E-state index is -1.40. The van der Waals surface area contributed by atoms with E-state index in [1.54, 1.807) is 35.8 Å². The molecule has 0 bridgehead atoms. The van der Waals surface area contributed by atoms with Crippen LogP contribution in [0.4, 0.5) is 4.79 Å². The average molecular weight is 367 g/mol. The largest absolute Gasteiger partial charge is 0.445 e.